The minimum absolute atomic E-state index is 0. The molecule has 1 rings (SSSR count). The molecule has 0 unspecified atom stereocenters. The van der Waals surface area contributed by atoms with E-state index >= 15 is 0 Å². The van der Waals surface area contributed by atoms with E-state index < -0.39 is 26.7 Å². The molecule has 126 valence electrons. The molecule has 0 bridgehead atoms. The third kappa shape index (κ3) is 6.69. The molecular formula is C12H21NNaO7P2+. The van der Waals surface area contributed by atoms with E-state index in [0.717, 1.165) is 5.56 Å². The van der Waals surface area contributed by atoms with E-state index in [1.807, 2.05) is 30.3 Å². The number of aliphatic hydroxyl groups is 1. The van der Waals surface area contributed by atoms with Gasteiger partial charge in [0.25, 0.3) is 5.08 Å². The topological polar surface area (TPSA) is 139 Å². The minimum atomic E-state index is -5.38. The predicted molar refractivity (Wildman–Crippen MR) is 81.3 cm³/mol. The first-order chi connectivity index (χ1) is 9.97. The molecule has 0 fully saturated rings. The van der Waals surface area contributed by atoms with Crippen LogP contribution in [0.1, 0.15) is 12.0 Å². The van der Waals surface area contributed by atoms with Crippen molar-refractivity contribution in [3.05, 3.63) is 35.9 Å². The quantitative estimate of drug-likeness (QED) is 0.249. The molecule has 0 aliphatic heterocycles. The fraction of sp³-hybridized carbons (Fsp3) is 0.500. The van der Waals surface area contributed by atoms with E-state index in [4.69, 9.17) is 19.6 Å². The zero-order valence-electron chi connectivity index (χ0n) is 13.1. The van der Waals surface area contributed by atoms with Crippen molar-refractivity contribution in [2.24, 2.45) is 0 Å². The summed E-state index contributed by atoms with van der Waals surface area (Å²) in [4.78, 5) is 37.8. The molecule has 0 spiro atoms. The molecule has 0 aliphatic carbocycles. The van der Waals surface area contributed by atoms with Crippen LogP contribution in [-0.2, 0) is 15.6 Å². The minimum Gasteiger partial charge on any atom is -0.367 e. The molecule has 5 N–H and O–H groups in total. The van der Waals surface area contributed by atoms with Crippen LogP contribution in [0, 0.1) is 0 Å². The van der Waals surface area contributed by atoms with Gasteiger partial charge in [-0.3, -0.25) is 9.13 Å². The maximum Gasteiger partial charge on any atom is 1.00 e. The molecule has 0 radical (unpaired) electrons. The summed E-state index contributed by atoms with van der Waals surface area (Å²) in [6, 6.07) is 9.50. The largest absolute Gasteiger partial charge is 1.00 e. The Bertz CT molecular complexity index is 552. The van der Waals surface area contributed by atoms with Crippen LogP contribution >= 0.6 is 15.2 Å². The summed E-state index contributed by atoms with van der Waals surface area (Å²) >= 11 is 0. The molecule has 0 amide bonds. The first kappa shape index (κ1) is 23.4. The Morgan fingerprint density at radius 2 is 1.48 bits per heavy atom. The van der Waals surface area contributed by atoms with Crippen molar-refractivity contribution in [3.63, 3.8) is 0 Å². The molecule has 0 saturated carbocycles. The van der Waals surface area contributed by atoms with Gasteiger partial charge in [-0.2, -0.15) is 0 Å². The van der Waals surface area contributed by atoms with Crippen molar-refractivity contribution in [1.82, 2.24) is 4.90 Å². The Labute approximate surface area is 157 Å². The van der Waals surface area contributed by atoms with Crippen molar-refractivity contribution in [2.75, 3.05) is 20.1 Å². The molecule has 0 aliphatic rings. The van der Waals surface area contributed by atoms with Crippen LogP contribution < -0.4 is 29.6 Å². The molecule has 0 aromatic heterocycles. The Hall–Kier alpha value is 0.440. The smallest absolute Gasteiger partial charge is 0.367 e. The Morgan fingerprint density at radius 1 is 1.00 bits per heavy atom. The van der Waals surface area contributed by atoms with Crippen LogP contribution in [0.25, 0.3) is 0 Å². The second kappa shape index (κ2) is 9.22. The van der Waals surface area contributed by atoms with Crippen molar-refractivity contribution in [2.45, 2.75) is 17.9 Å². The van der Waals surface area contributed by atoms with Crippen molar-refractivity contribution >= 4 is 15.2 Å². The first-order valence-corrected chi connectivity index (χ1v) is 9.76. The number of nitrogens with zero attached hydrogens (tertiary/aromatic N) is 1. The van der Waals surface area contributed by atoms with Gasteiger partial charge in [-0.15, -0.1) is 0 Å². The van der Waals surface area contributed by atoms with Gasteiger partial charge in [-0.05, 0) is 19.0 Å². The third-order valence-electron chi connectivity index (χ3n) is 3.39. The maximum atomic E-state index is 11.2. The van der Waals surface area contributed by atoms with Gasteiger partial charge in [-0.25, -0.2) is 0 Å². The normalized spacial score (nSPS) is 13.0. The number of benzene rings is 1. The number of hydrogen-bond donors (Lipinski definition) is 5. The molecule has 23 heavy (non-hydrogen) atoms. The molecule has 8 nitrogen and oxygen atoms in total. The SMILES string of the molecule is CN(CCc1ccccc1)CCC(O)(P(=O)(O)O)P(=O)(O)O.[Na+]. The summed E-state index contributed by atoms with van der Waals surface area (Å²) in [7, 11) is -9.11. The summed E-state index contributed by atoms with van der Waals surface area (Å²) in [6.45, 7) is 0.446. The van der Waals surface area contributed by atoms with E-state index in [9.17, 15) is 14.2 Å². The summed E-state index contributed by atoms with van der Waals surface area (Å²) in [5.74, 6) is 0. The second-order valence-corrected chi connectivity index (χ2v) is 9.16. The van der Waals surface area contributed by atoms with Crippen LogP contribution in [0.2, 0.25) is 0 Å². The van der Waals surface area contributed by atoms with Gasteiger partial charge >= 0.3 is 44.7 Å². The Kier molecular flexibility index (Phi) is 9.40. The molecule has 1 aromatic carbocycles. The van der Waals surface area contributed by atoms with E-state index in [1.165, 1.54) is 0 Å². The van der Waals surface area contributed by atoms with Gasteiger partial charge in [0.15, 0.2) is 0 Å². The molecular weight excluding hydrogens is 355 g/mol. The van der Waals surface area contributed by atoms with Crippen LogP contribution in [0.3, 0.4) is 0 Å². The molecule has 0 saturated heterocycles. The van der Waals surface area contributed by atoms with Crippen LogP contribution in [-0.4, -0.2) is 54.8 Å². The fourth-order valence-electron chi connectivity index (χ4n) is 1.88. The van der Waals surface area contributed by atoms with Crippen LogP contribution in [0.15, 0.2) is 30.3 Å². The average molecular weight is 376 g/mol. The van der Waals surface area contributed by atoms with E-state index in [2.05, 4.69) is 0 Å². The monoisotopic (exact) mass is 376 g/mol. The number of rotatable bonds is 8. The van der Waals surface area contributed by atoms with Crippen molar-refractivity contribution < 1.29 is 63.4 Å². The Morgan fingerprint density at radius 3 is 1.91 bits per heavy atom. The molecule has 11 heteroatoms. The first-order valence-electron chi connectivity index (χ1n) is 6.53. The van der Waals surface area contributed by atoms with E-state index in [0.29, 0.717) is 13.0 Å². The van der Waals surface area contributed by atoms with Crippen LogP contribution in [0.5, 0.6) is 0 Å². The molecule has 0 heterocycles. The molecule has 0 atom stereocenters. The zero-order chi connectivity index (χ0) is 17.0. The number of hydrogen-bond acceptors (Lipinski definition) is 4. The summed E-state index contributed by atoms with van der Waals surface area (Å²) in [5.41, 5.74) is 1.06. The summed E-state index contributed by atoms with van der Waals surface area (Å²) < 4.78 is 22.5. The molecule has 1 aromatic rings. The number of likely N-dealkylation sites (N-methyl/N-ethyl adjacent to an activating group) is 1. The summed E-state index contributed by atoms with van der Waals surface area (Å²) in [6.07, 6.45) is -0.0611. The average Bonchev–Trinajstić information content (AvgIpc) is 2.41. The van der Waals surface area contributed by atoms with E-state index in [-0.39, 0.29) is 36.1 Å². The van der Waals surface area contributed by atoms with Gasteiger partial charge in [0, 0.05) is 19.5 Å². The van der Waals surface area contributed by atoms with Gasteiger partial charge in [0.1, 0.15) is 0 Å². The summed E-state index contributed by atoms with van der Waals surface area (Å²) in [5, 5.41) is 6.42. The van der Waals surface area contributed by atoms with Gasteiger partial charge in [0.05, 0.1) is 0 Å². The van der Waals surface area contributed by atoms with Crippen molar-refractivity contribution in [1.29, 1.82) is 0 Å². The van der Waals surface area contributed by atoms with E-state index in [1.54, 1.807) is 11.9 Å². The fourth-order valence-corrected chi connectivity index (χ4v) is 4.02. The van der Waals surface area contributed by atoms with Crippen LogP contribution in [0.4, 0.5) is 0 Å². The van der Waals surface area contributed by atoms with Crippen molar-refractivity contribution in [3.8, 4) is 0 Å². The predicted octanol–water partition coefficient (Wildman–Crippen LogP) is -2.44. The second-order valence-electron chi connectivity index (χ2n) is 5.15. The standard InChI is InChI=1S/C12H21NO7P2.Na/c1-13(9-7-11-5-3-2-4-6-11)10-8-12(14,21(15,16)17)22(18,19)20;/h2-6,14H,7-10H2,1H3,(H2,15,16,17)(H2,18,19,20);/q;+1. The van der Waals surface area contributed by atoms with Gasteiger partial charge in [0.2, 0.25) is 0 Å². The maximum absolute atomic E-state index is 11.2. The van der Waals surface area contributed by atoms with Gasteiger partial charge in [-0.1, -0.05) is 30.3 Å². The third-order valence-corrected chi connectivity index (χ3v) is 7.26. The van der Waals surface area contributed by atoms with Gasteiger partial charge < -0.3 is 29.6 Å². The Balaban J connectivity index is 0.00000484. The zero-order valence-corrected chi connectivity index (χ0v) is 16.9.